The Balaban J connectivity index is 2.60. The van der Waals surface area contributed by atoms with Gasteiger partial charge in [-0.1, -0.05) is 15.9 Å². The number of benzene rings is 1. The minimum Gasteiger partial charge on any atom is -0.468 e. The molecule has 3 nitrogen and oxygen atoms in total. The molecule has 0 aliphatic heterocycles. The van der Waals surface area contributed by atoms with E-state index in [2.05, 4.69) is 15.9 Å². The quantitative estimate of drug-likeness (QED) is 0.653. The Morgan fingerprint density at radius 1 is 1.43 bits per heavy atom. The van der Waals surface area contributed by atoms with E-state index >= 15 is 0 Å². The summed E-state index contributed by atoms with van der Waals surface area (Å²) in [7, 11) is 0. The molecular weight excluding hydrogens is 248 g/mol. The molecule has 0 atom stereocenters. The lowest BCUT2D eigenvalue weighted by Gasteiger charge is -2.07. The summed E-state index contributed by atoms with van der Waals surface area (Å²) in [6, 6.07) is 5.44. The molecule has 1 rings (SSSR count). The van der Waals surface area contributed by atoms with Crippen molar-refractivity contribution in [2.45, 2.75) is 13.5 Å². The first kappa shape index (κ1) is 11.5. The van der Waals surface area contributed by atoms with Crippen LogP contribution in [-0.4, -0.2) is 18.5 Å². The molecule has 78 valence electrons. The second-order valence-electron chi connectivity index (χ2n) is 2.67. The number of ether oxygens (including phenoxy) is 2. The molecule has 0 aliphatic rings. The van der Waals surface area contributed by atoms with Crippen LogP contribution in [0.5, 0.6) is 5.75 Å². The van der Waals surface area contributed by atoms with Gasteiger partial charge in [0.1, 0.15) is 5.75 Å². The largest absolute Gasteiger partial charge is 0.468 e. The zero-order valence-corrected chi connectivity index (χ0v) is 9.58. The molecule has 1 aromatic rings. The lowest BCUT2D eigenvalue weighted by Crippen LogP contribution is -2.02. The Bertz CT molecular complexity index is 289. The summed E-state index contributed by atoms with van der Waals surface area (Å²) in [4.78, 5) is 0. The van der Waals surface area contributed by atoms with Gasteiger partial charge in [-0.2, -0.15) is 0 Å². The molecular formula is C10H13BrO3. The Kier molecular flexibility index (Phi) is 4.93. The molecule has 0 unspecified atom stereocenters. The summed E-state index contributed by atoms with van der Waals surface area (Å²) >= 11 is 3.33. The van der Waals surface area contributed by atoms with Gasteiger partial charge >= 0.3 is 0 Å². The number of halogens is 1. The van der Waals surface area contributed by atoms with E-state index in [9.17, 15) is 0 Å². The van der Waals surface area contributed by atoms with E-state index in [0.717, 1.165) is 10.0 Å². The van der Waals surface area contributed by atoms with Gasteiger partial charge in [0, 0.05) is 11.1 Å². The summed E-state index contributed by atoms with van der Waals surface area (Å²) in [6.07, 6.45) is 0. The fourth-order valence-electron chi connectivity index (χ4n) is 0.955. The summed E-state index contributed by atoms with van der Waals surface area (Å²) in [5.41, 5.74) is 0.805. The molecule has 0 radical (unpaired) electrons. The van der Waals surface area contributed by atoms with Crippen LogP contribution in [0.1, 0.15) is 12.5 Å². The molecule has 0 aliphatic carbocycles. The van der Waals surface area contributed by atoms with Gasteiger partial charge in [0.05, 0.1) is 6.61 Å². The Morgan fingerprint density at radius 2 is 2.21 bits per heavy atom. The van der Waals surface area contributed by atoms with Crippen molar-refractivity contribution in [1.29, 1.82) is 0 Å². The van der Waals surface area contributed by atoms with Gasteiger partial charge in [-0.15, -0.1) is 0 Å². The van der Waals surface area contributed by atoms with Crippen molar-refractivity contribution in [1.82, 2.24) is 0 Å². The summed E-state index contributed by atoms with van der Waals surface area (Å²) in [6.45, 7) is 2.77. The smallest absolute Gasteiger partial charge is 0.189 e. The summed E-state index contributed by atoms with van der Waals surface area (Å²) in [5.74, 6) is 0.700. The minimum atomic E-state index is -0.00752. The lowest BCUT2D eigenvalue weighted by atomic mass is 10.2. The number of rotatable bonds is 5. The topological polar surface area (TPSA) is 38.7 Å². The van der Waals surface area contributed by atoms with Crippen molar-refractivity contribution in [3.8, 4) is 5.75 Å². The normalized spacial score (nSPS) is 10.2. The predicted octanol–water partition coefficient (Wildman–Crippen LogP) is 2.31. The van der Waals surface area contributed by atoms with E-state index in [4.69, 9.17) is 14.6 Å². The third-order valence-corrected chi connectivity index (χ3v) is 2.47. The van der Waals surface area contributed by atoms with Crippen molar-refractivity contribution in [2.75, 3.05) is 13.4 Å². The van der Waals surface area contributed by atoms with E-state index in [1.807, 2.05) is 19.1 Å². The minimum absolute atomic E-state index is 0.00752. The molecule has 14 heavy (non-hydrogen) atoms. The van der Waals surface area contributed by atoms with Gasteiger partial charge in [-0.05, 0) is 30.7 Å². The lowest BCUT2D eigenvalue weighted by molar-refractivity contribution is 0.0223. The van der Waals surface area contributed by atoms with E-state index < -0.39 is 0 Å². The van der Waals surface area contributed by atoms with Crippen LogP contribution in [0, 0.1) is 0 Å². The van der Waals surface area contributed by atoms with Crippen LogP contribution < -0.4 is 4.74 Å². The maximum Gasteiger partial charge on any atom is 0.189 e. The van der Waals surface area contributed by atoms with Crippen LogP contribution in [0.2, 0.25) is 0 Å². The molecule has 0 saturated carbocycles. The van der Waals surface area contributed by atoms with Gasteiger partial charge in [0.25, 0.3) is 0 Å². The molecule has 1 aromatic carbocycles. The highest BCUT2D eigenvalue weighted by Gasteiger charge is 2.00. The first-order valence-electron chi connectivity index (χ1n) is 4.37. The second-order valence-corrected chi connectivity index (χ2v) is 3.52. The van der Waals surface area contributed by atoms with Crippen molar-refractivity contribution in [3.05, 3.63) is 28.2 Å². The third kappa shape index (κ3) is 3.29. The number of aliphatic hydroxyl groups is 1. The Hall–Kier alpha value is -0.580. The predicted molar refractivity (Wildman–Crippen MR) is 57.2 cm³/mol. The summed E-state index contributed by atoms with van der Waals surface area (Å²) in [5, 5.41) is 9.00. The zero-order valence-electron chi connectivity index (χ0n) is 8.00. The fourth-order valence-corrected chi connectivity index (χ4v) is 1.33. The fraction of sp³-hybridized carbons (Fsp3) is 0.400. The van der Waals surface area contributed by atoms with Gasteiger partial charge in [-0.25, -0.2) is 0 Å². The molecule has 0 fully saturated rings. The van der Waals surface area contributed by atoms with Crippen LogP contribution >= 0.6 is 15.9 Å². The average Bonchev–Trinajstić information content (AvgIpc) is 2.21. The van der Waals surface area contributed by atoms with Crippen molar-refractivity contribution in [2.24, 2.45) is 0 Å². The molecule has 0 amide bonds. The maximum absolute atomic E-state index is 9.00. The van der Waals surface area contributed by atoms with Gasteiger partial charge in [0.2, 0.25) is 0 Å². The monoisotopic (exact) mass is 260 g/mol. The van der Waals surface area contributed by atoms with Gasteiger partial charge < -0.3 is 14.6 Å². The zero-order chi connectivity index (χ0) is 10.4. The van der Waals surface area contributed by atoms with Crippen molar-refractivity contribution < 1.29 is 14.6 Å². The van der Waals surface area contributed by atoms with Crippen LogP contribution in [0.4, 0.5) is 0 Å². The highest BCUT2D eigenvalue weighted by Crippen LogP contribution is 2.22. The Morgan fingerprint density at radius 3 is 2.86 bits per heavy atom. The molecule has 0 spiro atoms. The van der Waals surface area contributed by atoms with Crippen LogP contribution in [0.15, 0.2) is 22.7 Å². The second kappa shape index (κ2) is 6.01. The van der Waals surface area contributed by atoms with Crippen LogP contribution in [0.25, 0.3) is 0 Å². The van der Waals surface area contributed by atoms with Gasteiger partial charge in [-0.3, -0.25) is 0 Å². The first-order valence-corrected chi connectivity index (χ1v) is 5.17. The van der Waals surface area contributed by atoms with Crippen molar-refractivity contribution >= 4 is 15.9 Å². The standard InChI is InChI=1S/C10H13BrO3/c1-2-13-7-14-9-3-4-10(11)8(5-9)6-12/h3-5,12H,2,6-7H2,1H3. The van der Waals surface area contributed by atoms with Gasteiger partial charge in [0.15, 0.2) is 6.79 Å². The highest BCUT2D eigenvalue weighted by atomic mass is 79.9. The molecule has 4 heteroatoms. The highest BCUT2D eigenvalue weighted by molar-refractivity contribution is 9.10. The van der Waals surface area contributed by atoms with Crippen LogP contribution in [0.3, 0.4) is 0 Å². The molecule has 0 bridgehead atoms. The maximum atomic E-state index is 9.00. The van der Waals surface area contributed by atoms with E-state index in [1.54, 1.807) is 6.07 Å². The summed E-state index contributed by atoms with van der Waals surface area (Å²) < 4.78 is 11.2. The molecule has 0 saturated heterocycles. The van der Waals surface area contributed by atoms with E-state index in [0.29, 0.717) is 12.4 Å². The molecule has 0 aromatic heterocycles. The average molecular weight is 261 g/mol. The SMILES string of the molecule is CCOCOc1ccc(Br)c(CO)c1. The number of aliphatic hydroxyl groups excluding tert-OH is 1. The number of hydrogen-bond donors (Lipinski definition) is 1. The van der Waals surface area contributed by atoms with Crippen LogP contribution in [-0.2, 0) is 11.3 Å². The molecule has 0 heterocycles. The van der Waals surface area contributed by atoms with Crippen molar-refractivity contribution in [3.63, 3.8) is 0 Å². The third-order valence-electron chi connectivity index (χ3n) is 1.70. The van der Waals surface area contributed by atoms with E-state index in [-0.39, 0.29) is 13.4 Å². The first-order chi connectivity index (χ1) is 6.77. The van der Waals surface area contributed by atoms with E-state index in [1.165, 1.54) is 0 Å². The molecule has 1 N–H and O–H groups in total. The number of hydrogen-bond acceptors (Lipinski definition) is 3. The Labute approximate surface area is 91.8 Å².